The Morgan fingerprint density at radius 2 is 2.12 bits per heavy atom. The van der Waals surface area contributed by atoms with E-state index >= 15 is 0 Å². The lowest BCUT2D eigenvalue weighted by molar-refractivity contribution is -0.143. The van der Waals surface area contributed by atoms with Crippen molar-refractivity contribution in [2.24, 2.45) is 5.92 Å². The Balaban J connectivity index is 1.66. The predicted octanol–water partition coefficient (Wildman–Crippen LogP) is 4.23. The Kier molecular flexibility index (Phi) is 5.31. The average Bonchev–Trinajstić information content (AvgIpc) is 3.03. The molecule has 0 radical (unpaired) electrons. The van der Waals surface area contributed by atoms with Crippen LogP contribution >= 0.6 is 11.3 Å². The summed E-state index contributed by atoms with van der Waals surface area (Å²) in [6.07, 6.45) is 1.74. The fraction of sp³-hybridized carbons (Fsp3) is 0.474. The van der Waals surface area contributed by atoms with Crippen molar-refractivity contribution in [1.82, 2.24) is 9.88 Å². The van der Waals surface area contributed by atoms with Crippen LogP contribution in [0.4, 0.5) is 0 Å². The molecule has 1 fully saturated rings. The van der Waals surface area contributed by atoms with Crippen molar-refractivity contribution in [2.75, 3.05) is 13.1 Å². The van der Waals surface area contributed by atoms with Crippen LogP contribution in [0.25, 0.3) is 10.6 Å². The van der Waals surface area contributed by atoms with E-state index in [0.717, 1.165) is 42.2 Å². The van der Waals surface area contributed by atoms with Crippen molar-refractivity contribution in [3.63, 3.8) is 0 Å². The molecular formula is C19H24N2O2S. The number of thiazole rings is 1. The zero-order chi connectivity index (χ0) is 17.1. The summed E-state index contributed by atoms with van der Waals surface area (Å²) >= 11 is 1.66. The molecule has 3 rings (SSSR count). The third kappa shape index (κ3) is 4.02. The maximum Gasteiger partial charge on any atom is 0.307 e. The molecule has 2 heterocycles. The van der Waals surface area contributed by atoms with E-state index in [9.17, 15) is 9.90 Å². The SMILES string of the molecule is CC(C)c1ccc(-c2nc(CN3CCCC(C(=O)O)C3)cs2)cc1. The summed E-state index contributed by atoms with van der Waals surface area (Å²) in [6.45, 7) is 6.72. The summed E-state index contributed by atoms with van der Waals surface area (Å²) in [6, 6.07) is 8.62. The summed E-state index contributed by atoms with van der Waals surface area (Å²) in [7, 11) is 0. The van der Waals surface area contributed by atoms with Crippen LogP contribution in [0.5, 0.6) is 0 Å². The van der Waals surface area contributed by atoms with Gasteiger partial charge in [-0.15, -0.1) is 11.3 Å². The highest BCUT2D eigenvalue weighted by Crippen LogP contribution is 2.27. The molecule has 128 valence electrons. The molecule has 1 aliphatic rings. The van der Waals surface area contributed by atoms with Gasteiger partial charge in [-0.05, 0) is 30.9 Å². The number of carbonyl (C=O) groups is 1. The molecule has 1 unspecified atom stereocenters. The van der Waals surface area contributed by atoms with E-state index in [2.05, 4.69) is 48.4 Å². The number of piperidine rings is 1. The molecule has 4 nitrogen and oxygen atoms in total. The molecule has 1 aromatic carbocycles. The molecule has 0 spiro atoms. The number of likely N-dealkylation sites (tertiary alicyclic amines) is 1. The van der Waals surface area contributed by atoms with E-state index in [1.165, 1.54) is 5.56 Å². The van der Waals surface area contributed by atoms with Crippen LogP contribution < -0.4 is 0 Å². The lowest BCUT2D eigenvalue weighted by Gasteiger charge is -2.29. The van der Waals surface area contributed by atoms with E-state index in [1.54, 1.807) is 11.3 Å². The van der Waals surface area contributed by atoms with E-state index < -0.39 is 5.97 Å². The van der Waals surface area contributed by atoms with Gasteiger partial charge in [0, 0.05) is 24.0 Å². The molecule has 24 heavy (non-hydrogen) atoms. The van der Waals surface area contributed by atoms with Crippen LogP contribution in [0.2, 0.25) is 0 Å². The van der Waals surface area contributed by atoms with Crippen molar-refractivity contribution in [3.05, 3.63) is 40.9 Å². The van der Waals surface area contributed by atoms with Gasteiger partial charge in [0.05, 0.1) is 11.6 Å². The molecule has 1 saturated heterocycles. The molecule has 5 heteroatoms. The highest BCUT2D eigenvalue weighted by Gasteiger charge is 2.25. The summed E-state index contributed by atoms with van der Waals surface area (Å²) in [5, 5.41) is 12.3. The Morgan fingerprint density at radius 1 is 1.38 bits per heavy atom. The van der Waals surface area contributed by atoms with Gasteiger partial charge in [0.2, 0.25) is 0 Å². The third-order valence-corrected chi connectivity index (χ3v) is 5.56. The molecule has 1 atom stereocenters. The molecule has 1 aromatic heterocycles. The van der Waals surface area contributed by atoms with Gasteiger partial charge in [0.15, 0.2) is 0 Å². The maximum atomic E-state index is 11.2. The second kappa shape index (κ2) is 7.45. The molecule has 2 aromatic rings. The van der Waals surface area contributed by atoms with Gasteiger partial charge in [0.1, 0.15) is 5.01 Å². The smallest absolute Gasteiger partial charge is 0.307 e. The van der Waals surface area contributed by atoms with Crippen LogP contribution in [0.1, 0.15) is 43.9 Å². The molecule has 0 amide bonds. The second-order valence-electron chi connectivity index (χ2n) is 6.83. The Bertz CT molecular complexity index is 694. The number of aromatic nitrogens is 1. The number of benzene rings is 1. The zero-order valence-corrected chi connectivity index (χ0v) is 15.1. The number of carboxylic acid groups (broad SMARTS) is 1. The van der Waals surface area contributed by atoms with E-state index in [4.69, 9.17) is 4.98 Å². The van der Waals surface area contributed by atoms with Crippen molar-refractivity contribution in [1.29, 1.82) is 0 Å². The fourth-order valence-electron chi connectivity index (χ4n) is 3.15. The number of nitrogens with zero attached hydrogens (tertiary/aromatic N) is 2. The van der Waals surface area contributed by atoms with Crippen molar-refractivity contribution >= 4 is 17.3 Å². The van der Waals surface area contributed by atoms with Crippen LogP contribution in [0, 0.1) is 5.92 Å². The normalized spacial score (nSPS) is 18.9. The molecule has 1 aliphatic heterocycles. The lowest BCUT2D eigenvalue weighted by atomic mass is 9.98. The minimum absolute atomic E-state index is 0.236. The number of hydrogen-bond donors (Lipinski definition) is 1. The largest absolute Gasteiger partial charge is 0.481 e. The molecule has 0 aliphatic carbocycles. The van der Waals surface area contributed by atoms with Crippen LogP contribution in [-0.2, 0) is 11.3 Å². The van der Waals surface area contributed by atoms with Crippen LogP contribution in [0.3, 0.4) is 0 Å². The topological polar surface area (TPSA) is 53.4 Å². The highest BCUT2D eigenvalue weighted by atomic mass is 32.1. The van der Waals surface area contributed by atoms with Gasteiger partial charge in [-0.2, -0.15) is 0 Å². The summed E-state index contributed by atoms with van der Waals surface area (Å²) in [5.74, 6) is -0.378. The lowest BCUT2D eigenvalue weighted by Crippen LogP contribution is -2.38. The average molecular weight is 344 g/mol. The highest BCUT2D eigenvalue weighted by molar-refractivity contribution is 7.13. The van der Waals surface area contributed by atoms with Crippen LogP contribution in [0.15, 0.2) is 29.6 Å². The van der Waals surface area contributed by atoms with E-state index in [1.807, 2.05) is 0 Å². The Labute approximate surface area is 147 Å². The van der Waals surface area contributed by atoms with Crippen molar-refractivity contribution in [3.8, 4) is 10.6 Å². The first kappa shape index (κ1) is 17.1. The van der Waals surface area contributed by atoms with Crippen molar-refractivity contribution < 1.29 is 9.90 Å². The van der Waals surface area contributed by atoms with E-state index in [0.29, 0.717) is 12.5 Å². The first-order valence-corrected chi connectivity index (χ1v) is 9.41. The fourth-order valence-corrected chi connectivity index (χ4v) is 3.97. The zero-order valence-electron chi connectivity index (χ0n) is 14.2. The van der Waals surface area contributed by atoms with Gasteiger partial charge < -0.3 is 5.11 Å². The molecule has 0 saturated carbocycles. The van der Waals surface area contributed by atoms with Gasteiger partial charge in [-0.1, -0.05) is 38.1 Å². The predicted molar refractivity (Wildman–Crippen MR) is 97.3 cm³/mol. The summed E-state index contributed by atoms with van der Waals surface area (Å²) in [5.41, 5.74) is 3.52. The van der Waals surface area contributed by atoms with Gasteiger partial charge in [0.25, 0.3) is 0 Å². The van der Waals surface area contributed by atoms with Gasteiger partial charge in [-0.25, -0.2) is 4.98 Å². The number of carboxylic acids is 1. The maximum absolute atomic E-state index is 11.2. The van der Waals surface area contributed by atoms with Gasteiger partial charge >= 0.3 is 5.97 Å². The monoisotopic (exact) mass is 344 g/mol. The molecule has 0 bridgehead atoms. The van der Waals surface area contributed by atoms with E-state index in [-0.39, 0.29) is 5.92 Å². The molecular weight excluding hydrogens is 320 g/mol. The van der Waals surface area contributed by atoms with Crippen LogP contribution in [-0.4, -0.2) is 34.0 Å². The Hall–Kier alpha value is -1.72. The quantitative estimate of drug-likeness (QED) is 0.882. The summed E-state index contributed by atoms with van der Waals surface area (Å²) < 4.78 is 0. The number of rotatable bonds is 5. The molecule has 1 N–H and O–H groups in total. The Morgan fingerprint density at radius 3 is 2.79 bits per heavy atom. The first-order chi connectivity index (χ1) is 11.5. The number of hydrogen-bond acceptors (Lipinski definition) is 4. The minimum atomic E-state index is -0.677. The van der Waals surface area contributed by atoms with Crippen molar-refractivity contribution in [2.45, 2.75) is 39.2 Å². The van der Waals surface area contributed by atoms with Gasteiger partial charge in [-0.3, -0.25) is 9.69 Å². The standard InChI is InChI=1S/C19H24N2O2S/c1-13(2)14-5-7-15(8-6-14)18-20-17(12-24-18)11-21-9-3-4-16(10-21)19(22)23/h5-8,12-13,16H,3-4,9-11H2,1-2H3,(H,22,23). The third-order valence-electron chi connectivity index (χ3n) is 4.62. The first-order valence-electron chi connectivity index (χ1n) is 8.53. The summed E-state index contributed by atoms with van der Waals surface area (Å²) in [4.78, 5) is 18.1. The number of aliphatic carboxylic acids is 1. The minimum Gasteiger partial charge on any atom is -0.481 e. The second-order valence-corrected chi connectivity index (χ2v) is 7.69.